The first-order valence-electron chi connectivity index (χ1n) is 7.64. The van der Waals surface area contributed by atoms with E-state index in [9.17, 15) is 0 Å². The van der Waals surface area contributed by atoms with Crippen LogP contribution in [0.25, 0.3) is 0 Å². The quantitative estimate of drug-likeness (QED) is 0.827. The van der Waals surface area contributed by atoms with Gasteiger partial charge < -0.3 is 4.90 Å². The molecule has 2 aliphatic heterocycles. The van der Waals surface area contributed by atoms with Crippen LogP contribution in [0.1, 0.15) is 36.9 Å². The number of hydrogen-bond donors (Lipinski definition) is 0. The first kappa shape index (κ1) is 13.4. The van der Waals surface area contributed by atoms with Gasteiger partial charge in [0.1, 0.15) is 11.9 Å². The van der Waals surface area contributed by atoms with E-state index in [4.69, 9.17) is 5.26 Å². The van der Waals surface area contributed by atoms with Gasteiger partial charge in [-0.2, -0.15) is 5.26 Å². The lowest BCUT2D eigenvalue weighted by Crippen LogP contribution is -2.47. The fraction of sp³-hybridized carbons (Fsp3) is 0.625. The molecule has 2 aliphatic rings. The third kappa shape index (κ3) is 2.64. The summed E-state index contributed by atoms with van der Waals surface area (Å²) < 4.78 is 0. The number of anilines is 1. The van der Waals surface area contributed by atoms with Crippen molar-refractivity contribution in [2.45, 2.75) is 38.6 Å². The van der Waals surface area contributed by atoms with Crippen LogP contribution >= 0.6 is 0 Å². The zero-order chi connectivity index (χ0) is 13.9. The summed E-state index contributed by atoms with van der Waals surface area (Å²) in [6.45, 7) is 6.61. The molecule has 2 saturated heterocycles. The zero-order valence-electron chi connectivity index (χ0n) is 12.2. The van der Waals surface area contributed by atoms with Gasteiger partial charge in [-0.25, -0.2) is 4.98 Å². The van der Waals surface area contributed by atoms with Gasteiger partial charge >= 0.3 is 0 Å². The lowest BCUT2D eigenvalue weighted by Gasteiger charge is -2.38. The molecule has 2 fully saturated rings. The Morgan fingerprint density at radius 2 is 2.00 bits per heavy atom. The van der Waals surface area contributed by atoms with Crippen LogP contribution in [0, 0.1) is 18.3 Å². The van der Waals surface area contributed by atoms with E-state index in [2.05, 4.69) is 20.9 Å². The molecule has 106 valence electrons. The topological polar surface area (TPSA) is 43.2 Å². The molecule has 0 spiro atoms. The van der Waals surface area contributed by atoms with Crippen molar-refractivity contribution in [1.29, 1.82) is 5.26 Å². The maximum absolute atomic E-state index is 8.99. The predicted octanol–water partition coefficient (Wildman–Crippen LogP) is 2.33. The van der Waals surface area contributed by atoms with Gasteiger partial charge in [0.25, 0.3) is 0 Å². The highest BCUT2D eigenvalue weighted by Gasteiger charge is 2.27. The van der Waals surface area contributed by atoms with E-state index < -0.39 is 0 Å². The van der Waals surface area contributed by atoms with Crippen LogP contribution < -0.4 is 4.90 Å². The van der Waals surface area contributed by atoms with Gasteiger partial charge in [-0.3, -0.25) is 4.90 Å². The van der Waals surface area contributed by atoms with Gasteiger partial charge in [0.15, 0.2) is 0 Å². The van der Waals surface area contributed by atoms with Gasteiger partial charge in [-0.1, -0.05) is 0 Å². The Bertz CT molecular complexity index is 514. The molecular weight excluding hydrogens is 248 g/mol. The molecule has 4 nitrogen and oxygen atoms in total. The average Bonchev–Trinajstić information content (AvgIpc) is 3.01. The van der Waals surface area contributed by atoms with Gasteiger partial charge in [-0.15, -0.1) is 0 Å². The summed E-state index contributed by atoms with van der Waals surface area (Å²) in [7, 11) is 0. The van der Waals surface area contributed by atoms with Crippen LogP contribution in [0.4, 0.5) is 5.82 Å². The lowest BCUT2D eigenvalue weighted by molar-refractivity contribution is 0.215. The second kappa shape index (κ2) is 5.80. The molecule has 0 bridgehead atoms. The molecule has 4 heteroatoms. The van der Waals surface area contributed by atoms with Crippen molar-refractivity contribution in [3.8, 4) is 6.07 Å². The van der Waals surface area contributed by atoms with E-state index in [1.165, 1.54) is 38.8 Å². The maximum atomic E-state index is 8.99. The molecule has 1 aromatic rings. The largest absolute Gasteiger partial charge is 0.355 e. The van der Waals surface area contributed by atoms with Crippen LogP contribution in [0.15, 0.2) is 12.1 Å². The minimum atomic E-state index is 0.682. The molecule has 0 amide bonds. The number of rotatable bonds is 2. The van der Waals surface area contributed by atoms with E-state index in [0.29, 0.717) is 11.6 Å². The summed E-state index contributed by atoms with van der Waals surface area (Å²) in [5, 5.41) is 8.99. The van der Waals surface area contributed by atoms with Gasteiger partial charge in [0.2, 0.25) is 0 Å². The molecule has 1 aromatic heterocycles. The number of piperidine rings is 1. The van der Waals surface area contributed by atoms with Crippen molar-refractivity contribution in [3.63, 3.8) is 0 Å². The third-order valence-electron chi connectivity index (χ3n) is 4.57. The Hall–Kier alpha value is -1.60. The van der Waals surface area contributed by atoms with E-state index in [1.54, 1.807) is 0 Å². The standard InChI is InChI=1S/C16H22N4/c1-13-14(11-17)6-7-16(18-13)20-10-4-5-15(12-20)19-8-2-3-9-19/h6-7,15H,2-5,8-10,12H2,1H3. The molecular formula is C16H22N4. The maximum Gasteiger partial charge on any atom is 0.128 e. The number of likely N-dealkylation sites (tertiary alicyclic amines) is 1. The summed E-state index contributed by atoms with van der Waals surface area (Å²) in [5.41, 5.74) is 1.52. The van der Waals surface area contributed by atoms with E-state index in [0.717, 1.165) is 24.6 Å². The molecule has 0 radical (unpaired) electrons. The first-order valence-corrected chi connectivity index (χ1v) is 7.64. The Kier molecular flexibility index (Phi) is 3.88. The second-order valence-corrected chi connectivity index (χ2v) is 5.90. The summed E-state index contributed by atoms with van der Waals surface area (Å²) in [6, 6.07) is 6.77. The fourth-order valence-corrected chi connectivity index (χ4v) is 3.41. The molecule has 1 unspecified atom stereocenters. The SMILES string of the molecule is Cc1nc(N2CCCC(N3CCCC3)C2)ccc1C#N. The van der Waals surface area contributed by atoms with Gasteiger partial charge in [0.05, 0.1) is 11.3 Å². The van der Waals surface area contributed by atoms with E-state index in [1.807, 2.05) is 19.1 Å². The smallest absolute Gasteiger partial charge is 0.128 e. The normalized spacial score (nSPS) is 23.8. The van der Waals surface area contributed by atoms with Crippen molar-refractivity contribution in [1.82, 2.24) is 9.88 Å². The Morgan fingerprint density at radius 3 is 2.70 bits per heavy atom. The van der Waals surface area contributed by atoms with Crippen molar-refractivity contribution >= 4 is 5.82 Å². The minimum absolute atomic E-state index is 0.682. The molecule has 0 saturated carbocycles. The summed E-state index contributed by atoms with van der Waals surface area (Å²) in [6.07, 6.45) is 5.25. The van der Waals surface area contributed by atoms with Crippen LogP contribution in [0.3, 0.4) is 0 Å². The van der Waals surface area contributed by atoms with Crippen LogP contribution in [0.2, 0.25) is 0 Å². The number of hydrogen-bond acceptors (Lipinski definition) is 4. The number of nitrogens with zero attached hydrogens (tertiary/aromatic N) is 4. The molecule has 0 aromatic carbocycles. The molecule has 3 rings (SSSR count). The highest BCUT2D eigenvalue weighted by molar-refractivity contribution is 5.45. The minimum Gasteiger partial charge on any atom is -0.355 e. The van der Waals surface area contributed by atoms with Crippen LogP contribution in [-0.4, -0.2) is 42.1 Å². The van der Waals surface area contributed by atoms with Crippen molar-refractivity contribution < 1.29 is 0 Å². The monoisotopic (exact) mass is 270 g/mol. The Morgan fingerprint density at radius 1 is 1.20 bits per heavy atom. The van der Waals surface area contributed by atoms with Crippen molar-refractivity contribution in [2.24, 2.45) is 0 Å². The molecule has 20 heavy (non-hydrogen) atoms. The number of aromatic nitrogens is 1. The molecule has 3 heterocycles. The molecule has 0 N–H and O–H groups in total. The highest BCUT2D eigenvalue weighted by atomic mass is 15.3. The second-order valence-electron chi connectivity index (χ2n) is 5.90. The van der Waals surface area contributed by atoms with Crippen molar-refractivity contribution in [2.75, 3.05) is 31.1 Å². The Labute approximate surface area is 121 Å². The van der Waals surface area contributed by atoms with Crippen molar-refractivity contribution in [3.05, 3.63) is 23.4 Å². The summed E-state index contributed by atoms with van der Waals surface area (Å²) in [4.78, 5) is 9.64. The molecule has 0 aliphatic carbocycles. The summed E-state index contributed by atoms with van der Waals surface area (Å²) in [5.74, 6) is 1.03. The van der Waals surface area contributed by atoms with Gasteiger partial charge in [0, 0.05) is 19.1 Å². The lowest BCUT2D eigenvalue weighted by atomic mass is 10.0. The zero-order valence-corrected chi connectivity index (χ0v) is 12.2. The van der Waals surface area contributed by atoms with Gasteiger partial charge in [-0.05, 0) is 57.8 Å². The third-order valence-corrected chi connectivity index (χ3v) is 4.57. The van der Waals surface area contributed by atoms with E-state index >= 15 is 0 Å². The summed E-state index contributed by atoms with van der Waals surface area (Å²) >= 11 is 0. The number of nitriles is 1. The highest BCUT2D eigenvalue weighted by Crippen LogP contribution is 2.24. The molecule has 1 atom stereocenters. The average molecular weight is 270 g/mol. The van der Waals surface area contributed by atoms with Crippen LogP contribution in [-0.2, 0) is 0 Å². The number of pyridine rings is 1. The first-order chi connectivity index (χ1) is 9.78. The fourth-order valence-electron chi connectivity index (χ4n) is 3.41. The predicted molar refractivity (Wildman–Crippen MR) is 79.7 cm³/mol. The van der Waals surface area contributed by atoms with E-state index in [-0.39, 0.29) is 0 Å². The van der Waals surface area contributed by atoms with Crippen LogP contribution in [0.5, 0.6) is 0 Å². The number of aryl methyl sites for hydroxylation is 1. The Balaban J connectivity index is 1.73.